The molecular formula is C21H24ClF3N2O2S. The summed E-state index contributed by atoms with van der Waals surface area (Å²) in [5, 5.41) is 0.0485. The Labute approximate surface area is 182 Å². The molecule has 1 heterocycles. The number of nitrogens with one attached hydrogen (secondary N) is 1. The summed E-state index contributed by atoms with van der Waals surface area (Å²) < 4.78 is 60.0. The Hall–Kier alpha value is -1.45. The van der Waals surface area contributed by atoms with E-state index in [1.165, 1.54) is 0 Å². The quantitative estimate of drug-likeness (QED) is 0.588. The van der Waals surface area contributed by atoms with Crippen molar-refractivity contribution in [2.75, 3.05) is 13.1 Å². The lowest BCUT2D eigenvalue weighted by Gasteiger charge is -2.19. The highest BCUT2D eigenvalue weighted by Crippen LogP contribution is 2.33. The van der Waals surface area contributed by atoms with E-state index in [1.54, 1.807) is 0 Å². The first kappa shape index (κ1) is 23.2. The number of alkyl halides is 3. The van der Waals surface area contributed by atoms with Gasteiger partial charge in [-0.25, -0.2) is 0 Å². The molecule has 1 aliphatic heterocycles. The Balaban J connectivity index is 1.56. The van der Waals surface area contributed by atoms with Gasteiger partial charge >= 0.3 is 6.18 Å². The first-order valence-electron chi connectivity index (χ1n) is 9.64. The molecule has 2 atom stereocenters. The third-order valence-corrected chi connectivity index (χ3v) is 6.43. The third kappa shape index (κ3) is 6.28. The van der Waals surface area contributed by atoms with Crippen molar-refractivity contribution < 1.29 is 22.5 Å². The van der Waals surface area contributed by atoms with E-state index >= 15 is 0 Å². The maximum atomic E-state index is 12.9. The monoisotopic (exact) mass is 460 g/mol. The molecule has 2 aromatic rings. The van der Waals surface area contributed by atoms with Crippen LogP contribution < -0.4 is 9.46 Å². The number of halogens is 4. The lowest BCUT2D eigenvalue weighted by Crippen LogP contribution is -2.37. The van der Waals surface area contributed by atoms with Gasteiger partial charge in [-0.1, -0.05) is 23.7 Å². The van der Waals surface area contributed by atoms with E-state index in [0.717, 1.165) is 49.0 Å². The van der Waals surface area contributed by atoms with Crippen LogP contribution in [-0.2, 0) is 24.1 Å². The number of nitrogens with zero attached hydrogens (tertiary/aromatic N) is 1. The molecule has 0 radical (unpaired) electrons. The first-order valence-corrected chi connectivity index (χ1v) is 11.2. The number of ether oxygens (including phenoxy) is 1. The molecular weight excluding hydrogens is 437 g/mol. The Morgan fingerprint density at radius 2 is 1.93 bits per heavy atom. The Kier molecular flexibility index (Phi) is 7.57. The fourth-order valence-corrected chi connectivity index (χ4v) is 4.74. The van der Waals surface area contributed by atoms with Crippen LogP contribution in [0.15, 0.2) is 47.4 Å². The lowest BCUT2D eigenvalue weighted by atomic mass is 10.2. The second-order valence-electron chi connectivity index (χ2n) is 7.56. The molecule has 1 N–H and O–H groups in total. The normalized spacial score (nSPS) is 18.7. The van der Waals surface area contributed by atoms with Crippen molar-refractivity contribution in [2.45, 2.75) is 50.0 Å². The molecule has 164 valence electrons. The molecule has 1 aliphatic rings. The molecule has 4 nitrogen and oxygen atoms in total. The van der Waals surface area contributed by atoms with Crippen molar-refractivity contribution in [3.05, 3.63) is 58.6 Å². The summed E-state index contributed by atoms with van der Waals surface area (Å²) >= 11 is 4.16. The van der Waals surface area contributed by atoms with Gasteiger partial charge in [-0.15, -0.1) is 4.72 Å². The maximum Gasteiger partial charge on any atom is 0.416 e. The summed E-state index contributed by atoms with van der Waals surface area (Å²) in [6.07, 6.45) is -3.65. The number of likely N-dealkylation sites (tertiary alicyclic amines) is 1. The predicted octanol–water partition coefficient (Wildman–Crippen LogP) is 5.03. The summed E-state index contributed by atoms with van der Waals surface area (Å²) in [4.78, 5) is 2.16. The van der Waals surface area contributed by atoms with Gasteiger partial charge in [-0.05, 0) is 50.1 Å². The molecule has 0 saturated carbocycles. The minimum Gasteiger partial charge on any atom is -0.593 e. The fourth-order valence-electron chi connectivity index (χ4n) is 3.31. The second-order valence-corrected chi connectivity index (χ2v) is 9.18. The number of rotatable bonds is 7. The number of hydrogen-bond acceptors (Lipinski definition) is 4. The second kappa shape index (κ2) is 9.78. The van der Waals surface area contributed by atoms with E-state index in [4.69, 9.17) is 16.3 Å². The van der Waals surface area contributed by atoms with Crippen LogP contribution in [0, 0.1) is 0 Å². The average molecular weight is 461 g/mol. The zero-order valence-corrected chi connectivity index (χ0v) is 18.3. The smallest absolute Gasteiger partial charge is 0.416 e. The fraction of sp³-hybridized carbons (Fsp3) is 0.429. The van der Waals surface area contributed by atoms with Crippen LogP contribution in [0.3, 0.4) is 0 Å². The molecule has 9 heteroatoms. The molecule has 2 aromatic carbocycles. The number of hydrogen-bond donors (Lipinski definition) is 1. The van der Waals surface area contributed by atoms with Gasteiger partial charge in [-0.3, -0.25) is 4.90 Å². The maximum absolute atomic E-state index is 12.9. The Morgan fingerprint density at radius 1 is 1.23 bits per heavy atom. The lowest BCUT2D eigenvalue weighted by molar-refractivity contribution is -0.137. The van der Waals surface area contributed by atoms with Crippen molar-refractivity contribution in [3.63, 3.8) is 0 Å². The molecule has 0 spiro atoms. The van der Waals surface area contributed by atoms with Crippen molar-refractivity contribution in [3.8, 4) is 5.75 Å². The molecule has 30 heavy (non-hydrogen) atoms. The molecule has 0 unspecified atom stereocenters. The summed E-state index contributed by atoms with van der Waals surface area (Å²) in [5.41, 5.74) is 0.267. The van der Waals surface area contributed by atoms with Crippen molar-refractivity contribution >= 4 is 23.0 Å². The molecule has 0 aromatic heterocycles. The van der Waals surface area contributed by atoms with E-state index < -0.39 is 23.1 Å². The van der Waals surface area contributed by atoms with Crippen LogP contribution in [0.5, 0.6) is 5.75 Å². The highest BCUT2D eigenvalue weighted by Gasteiger charge is 2.34. The third-order valence-electron chi connectivity index (χ3n) is 4.71. The number of benzene rings is 2. The van der Waals surface area contributed by atoms with E-state index in [2.05, 4.69) is 9.62 Å². The van der Waals surface area contributed by atoms with E-state index in [9.17, 15) is 17.7 Å². The standard InChI is InChI=1S/C21H24ClF3N2O2S/c1-14(2)29-18-6-3-15(4-7-18)12-27-10-9-17(13-27)26-30(28)20-11-16(21(23,24)25)5-8-19(20)22/h3-8,11,14,17,26H,9-10,12-13H2,1-2H3/t17-,30+/m1/s1. The summed E-state index contributed by atoms with van der Waals surface area (Å²) in [5.74, 6) is 0.822. The van der Waals surface area contributed by atoms with E-state index in [0.29, 0.717) is 6.54 Å². The van der Waals surface area contributed by atoms with Gasteiger partial charge in [0.1, 0.15) is 5.75 Å². The van der Waals surface area contributed by atoms with Crippen LogP contribution >= 0.6 is 11.6 Å². The van der Waals surface area contributed by atoms with E-state index in [-0.39, 0.29) is 22.1 Å². The van der Waals surface area contributed by atoms with Gasteiger partial charge < -0.3 is 9.29 Å². The van der Waals surface area contributed by atoms with Crippen LogP contribution in [0.4, 0.5) is 13.2 Å². The highest BCUT2D eigenvalue weighted by molar-refractivity contribution is 7.89. The summed E-state index contributed by atoms with van der Waals surface area (Å²) in [6.45, 7) is 6.13. The molecule has 1 fully saturated rings. The molecule has 3 rings (SSSR count). The van der Waals surface area contributed by atoms with Gasteiger partial charge in [0.2, 0.25) is 0 Å². The molecule has 0 amide bonds. The minimum atomic E-state index is -4.51. The summed E-state index contributed by atoms with van der Waals surface area (Å²) in [7, 11) is 0. The highest BCUT2D eigenvalue weighted by atomic mass is 35.5. The SMILES string of the molecule is CC(C)Oc1ccc(CN2CC[C@@H](N[S@@+]([O-])c3cc(C(F)(F)F)ccc3Cl)C2)cc1. The first-order chi connectivity index (χ1) is 14.1. The van der Waals surface area contributed by atoms with Crippen LogP contribution in [0.1, 0.15) is 31.4 Å². The van der Waals surface area contributed by atoms with Crippen molar-refractivity contribution in [1.29, 1.82) is 0 Å². The van der Waals surface area contributed by atoms with Gasteiger partial charge in [-0.2, -0.15) is 13.2 Å². The molecule has 1 saturated heterocycles. The van der Waals surface area contributed by atoms with Gasteiger partial charge in [0.15, 0.2) is 4.90 Å². The van der Waals surface area contributed by atoms with Gasteiger partial charge in [0.25, 0.3) is 0 Å². The average Bonchev–Trinajstić information content (AvgIpc) is 3.09. The van der Waals surface area contributed by atoms with Crippen molar-refractivity contribution in [1.82, 2.24) is 9.62 Å². The van der Waals surface area contributed by atoms with E-state index in [1.807, 2.05) is 38.1 Å². The molecule has 0 aliphatic carbocycles. The zero-order chi connectivity index (χ0) is 21.9. The minimum absolute atomic E-state index is 0.0485. The van der Waals surface area contributed by atoms with Crippen LogP contribution in [-0.4, -0.2) is 34.7 Å². The predicted molar refractivity (Wildman–Crippen MR) is 112 cm³/mol. The Morgan fingerprint density at radius 3 is 2.57 bits per heavy atom. The van der Waals surface area contributed by atoms with Crippen LogP contribution in [0.2, 0.25) is 5.02 Å². The largest absolute Gasteiger partial charge is 0.593 e. The summed E-state index contributed by atoms with van der Waals surface area (Å²) in [6, 6.07) is 10.7. The van der Waals surface area contributed by atoms with Crippen LogP contribution in [0.25, 0.3) is 0 Å². The topological polar surface area (TPSA) is 47.6 Å². The Bertz CT molecular complexity index is 849. The zero-order valence-electron chi connectivity index (χ0n) is 16.7. The van der Waals surface area contributed by atoms with Crippen molar-refractivity contribution in [2.24, 2.45) is 0 Å². The molecule has 0 bridgehead atoms. The van der Waals surface area contributed by atoms with Gasteiger partial charge in [0.05, 0.1) is 34.1 Å². The van der Waals surface area contributed by atoms with Gasteiger partial charge in [0, 0.05) is 25.7 Å².